The zero-order valence-corrected chi connectivity index (χ0v) is 15.7. The fraction of sp³-hybridized carbons (Fsp3) is 0.800. The first kappa shape index (κ1) is 17.8. The summed E-state index contributed by atoms with van der Waals surface area (Å²) < 4.78 is 21.6. The number of aliphatic carboxylic acids is 1. The van der Waals surface area contributed by atoms with E-state index in [0.717, 1.165) is 19.3 Å². The van der Waals surface area contributed by atoms with E-state index in [0.29, 0.717) is 11.3 Å². The number of carbonyl (C=O) groups is 2. The number of likely N-dealkylation sites (N-methyl/N-ethyl adjacent to an activating group) is 1. The quantitative estimate of drug-likeness (QED) is 0.204. The second-order valence-corrected chi connectivity index (χ2v) is 5.08. The third-order valence-corrected chi connectivity index (χ3v) is 3.07. The topological polar surface area (TPSA) is 96.3 Å². The molecule has 6 nitrogen and oxygen atoms in total. The molecule has 0 aromatic heterocycles. The molecule has 0 saturated heterocycles. The van der Waals surface area contributed by atoms with Crippen molar-refractivity contribution in [1.29, 1.82) is 5.41 Å². The Morgan fingerprint density at radius 1 is 1.14 bits per heavy atom. The van der Waals surface area contributed by atoms with Crippen molar-refractivity contribution in [2.75, 3.05) is 13.5 Å². The smallest absolute Gasteiger partial charge is 0.548 e. The Balaban J connectivity index is 0. The van der Waals surface area contributed by atoms with Crippen molar-refractivity contribution in [3.8, 4) is 0 Å². The van der Waals surface area contributed by atoms with Crippen molar-refractivity contribution < 1.29 is 48.4 Å². The average Bonchev–Trinajstić information content (AvgIpc) is 2.46. The van der Waals surface area contributed by atoms with Gasteiger partial charge >= 0.3 is 29.6 Å². The summed E-state index contributed by atoms with van der Waals surface area (Å²) in [4.78, 5) is 22.6. The third kappa shape index (κ3) is 14.4. The molecular weight excluding hydrogens is 293 g/mol. The summed E-state index contributed by atoms with van der Waals surface area (Å²) in [6.07, 6.45) is 8.79. The minimum atomic E-state index is -2.83. The molecule has 0 aliphatic carbocycles. The van der Waals surface area contributed by atoms with Crippen LogP contribution in [0.1, 0.15) is 68.8 Å². The molecule has 0 unspecified atom stereocenters. The van der Waals surface area contributed by atoms with Crippen LogP contribution in [0.5, 0.6) is 0 Å². The van der Waals surface area contributed by atoms with Gasteiger partial charge in [-0.25, -0.2) is 0 Å². The van der Waals surface area contributed by atoms with E-state index in [1.54, 1.807) is 0 Å². The van der Waals surface area contributed by atoms with Gasteiger partial charge in [-0.3, -0.25) is 15.5 Å². The van der Waals surface area contributed by atoms with Crippen LogP contribution in [0.2, 0.25) is 0 Å². The molecule has 0 aliphatic heterocycles. The molecule has 0 bridgehead atoms. The predicted molar refractivity (Wildman–Crippen MR) is 80.7 cm³/mol. The Hall–Kier alpha value is -0.590. The minimum Gasteiger partial charge on any atom is -0.548 e. The maximum Gasteiger partial charge on any atom is 1.00 e. The van der Waals surface area contributed by atoms with Crippen molar-refractivity contribution in [3.63, 3.8) is 0 Å². The van der Waals surface area contributed by atoms with Crippen LogP contribution in [0.4, 0.5) is 0 Å². The fourth-order valence-electron chi connectivity index (χ4n) is 1.89. The molecule has 0 heterocycles. The van der Waals surface area contributed by atoms with Crippen LogP contribution in [-0.4, -0.2) is 36.3 Å². The molecule has 0 saturated carbocycles. The summed E-state index contributed by atoms with van der Waals surface area (Å²) in [7, 11) is 0. The van der Waals surface area contributed by atoms with Gasteiger partial charge in [0.1, 0.15) is 0 Å². The van der Waals surface area contributed by atoms with Gasteiger partial charge in [0.05, 0.1) is 12.5 Å². The molecule has 2 N–H and O–H groups in total. The minimum absolute atomic E-state index is 0. The number of guanidine groups is 1. The number of hydrogen-bond acceptors (Lipinski definition) is 4. The van der Waals surface area contributed by atoms with Crippen LogP contribution < -0.4 is 40.0 Å². The van der Waals surface area contributed by atoms with Gasteiger partial charge in [-0.2, -0.15) is 0 Å². The second kappa shape index (κ2) is 15.3. The third-order valence-electron chi connectivity index (χ3n) is 3.07. The van der Waals surface area contributed by atoms with Crippen LogP contribution in [-0.2, 0) is 9.59 Å². The summed E-state index contributed by atoms with van der Waals surface area (Å²) >= 11 is 0. The molecule has 7 heteroatoms. The second-order valence-electron chi connectivity index (χ2n) is 5.08. The Labute approximate surface area is 160 Å². The summed E-state index contributed by atoms with van der Waals surface area (Å²) in [5, 5.41) is 20.3. The first-order chi connectivity index (χ1) is 11.2. The van der Waals surface area contributed by atoms with Gasteiger partial charge in [-0.1, -0.05) is 51.9 Å². The van der Waals surface area contributed by atoms with E-state index in [1.165, 1.54) is 25.7 Å². The molecule has 122 valence electrons. The summed E-state index contributed by atoms with van der Waals surface area (Å²) in [5.74, 6) is -2.87. The molecule has 0 radical (unpaired) electrons. The average molecular weight is 324 g/mol. The first-order valence-corrected chi connectivity index (χ1v) is 7.54. The normalized spacial score (nSPS) is 12.3. The van der Waals surface area contributed by atoms with Gasteiger partial charge in [0.25, 0.3) is 0 Å². The number of carboxylic acid groups (broad SMARTS) is 1. The summed E-state index contributed by atoms with van der Waals surface area (Å²) in [6, 6.07) is 0. The number of carbonyl (C=O) groups excluding carboxylic acids is 2. The van der Waals surface area contributed by atoms with Crippen molar-refractivity contribution in [2.24, 2.45) is 0 Å². The van der Waals surface area contributed by atoms with Gasteiger partial charge in [-0.15, -0.1) is 0 Å². The maximum absolute atomic E-state index is 11.7. The molecular formula is C15H28N3NaO3. The van der Waals surface area contributed by atoms with Crippen LogP contribution >= 0.6 is 0 Å². The molecule has 1 amide bonds. The SMILES string of the molecule is [2H]C([2H])([2H])N(CC(=O)[O-])C(=N)NC(=O)CCCCCCCCCC.[Na+]. The number of unbranched alkanes of at least 4 members (excludes halogenated alkanes) is 7. The van der Waals surface area contributed by atoms with Gasteiger partial charge in [0.15, 0.2) is 5.96 Å². The zero-order chi connectivity index (χ0) is 18.6. The van der Waals surface area contributed by atoms with Gasteiger partial charge in [0, 0.05) is 17.5 Å². The van der Waals surface area contributed by atoms with E-state index in [4.69, 9.17) is 9.52 Å². The number of carboxylic acids is 1. The molecule has 0 aromatic carbocycles. The Morgan fingerprint density at radius 3 is 2.18 bits per heavy atom. The number of hydrogen-bond donors (Lipinski definition) is 2. The van der Waals surface area contributed by atoms with Gasteiger partial charge < -0.3 is 14.8 Å². The van der Waals surface area contributed by atoms with E-state index in [2.05, 4.69) is 12.2 Å². The molecule has 0 aliphatic rings. The molecule has 0 fully saturated rings. The van der Waals surface area contributed by atoms with E-state index in [-0.39, 0.29) is 36.0 Å². The molecule has 22 heavy (non-hydrogen) atoms. The molecule has 0 atom stereocenters. The van der Waals surface area contributed by atoms with Crippen LogP contribution in [0.3, 0.4) is 0 Å². The van der Waals surface area contributed by atoms with Crippen molar-refractivity contribution in [2.45, 2.75) is 64.7 Å². The van der Waals surface area contributed by atoms with Gasteiger partial charge in [0.2, 0.25) is 5.91 Å². The summed E-state index contributed by atoms with van der Waals surface area (Å²) in [5.41, 5.74) is 0. The van der Waals surface area contributed by atoms with E-state index in [1.807, 2.05) is 0 Å². The van der Waals surface area contributed by atoms with E-state index >= 15 is 0 Å². The standard InChI is InChI=1S/C15H29N3O3.Na/c1-3-4-5-6-7-8-9-10-11-13(19)17-15(16)18(2)12-14(20)21;/h3-12H2,1-2H3,(H,20,21)(H2,16,17,19);/q;+1/p-1/i2D3;. The zero-order valence-electron chi connectivity index (χ0n) is 16.7. The first-order valence-electron chi connectivity index (χ1n) is 9.04. The van der Waals surface area contributed by atoms with Crippen LogP contribution in [0.25, 0.3) is 0 Å². The number of nitrogens with one attached hydrogen (secondary N) is 2. The maximum atomic E-state index is 11.7. The molecule has 0 rings (SSSR count). The largest absolute Gasteiger partial charge is 1.00 e. The van der Waals surface area contributed by atoms with Crippen molar-refractivity contribution in [3.05, 3.63) is 0 Å². The number of rotatable bonds is 11. The van der Waals surface area contributed by atoms with Crippen LogP contribution in [0.15, 0.2) is 0 Å². The number of nitrogens with zero attached hydrogens (tertiary/aromatic N) is 1. The monoisotopic (exact) mass is 324 g/mol. The Kier molecular flexibility index (Phi) is 12.4. The summed E-state index contributed by atoms with van der Waals surface area (Å²) in [6.45, 7) is -1.65. The van der Waals surface area contributed by atoms with Crippen molar-refractivity contribution in [1.82, 2.24) is 10.2 Å². The number of amides is 1. The Bertz CT molecular complexity index is 421. The van der Waals surface area contributed by atoms with E-state index < -0.39 is 31.4 Å². The van der Waals surface area contributed by atoms with Crippen LogP contribution in [0, 0.1) is 5.41 Å². The van der Waals surface area contributed by atoms with Crippen molar-refractivity contribution >= 4 is 17.8 Å². The fourth-order valence-corrected chi connectivity index (χ4v) is 1.89. The van der Waals surface area contributed by atoms with Gasteiger partial charge in [-0.05, 0) is 6.42 Å². The van der Waals surface area contributed by atoms with E-state index in [9.17, 15) is 14.7 Å². The molecule has 0 spiro atoms. The Morgan fingerprint density at radius 2 is 1.68 bits per heavy atom. The molecule has 0 aromatic rings. The predicted octanol–water partition coefficient (Wildman–Crippen LogP) is -1.75.